The summed E-state index contributed by atoms with van der Waals surface area (Å²) in [6, 6.07) is 17.4. The van der Waals surface area contributed by atoms with Gasteiger partial charge in [-0.2, -0.15) is 0 Å². The number of hydrogen-bond donors (Lipinski definition) is 5. The third-order valence-corrected chi connectivity index (χ3v) is 8.95. The standard InChI is InChI=1S/C37H54N6O5/c1-26(2)22-32(35(45)41-30(16-10-5-11-17-38)37(47)43-18-20-48-21-19-43)42-36(46)33(23-27-12-6-3-7-13-27)40-34(44)25-39-31-24-29(31)28-14-8-4-9-15-28/h3-4,6-9,12-15,26,29-33,39H,5,10-11,16-25,38H2,1-2H3,(H,40,44)(H,41,45)(H,42,46)/t29-,30-,31?,32-,33-/m1/s1. The van der Waals surface area contributed by atoms with Gasteiger partial charge in [-0.05, 0) is 49.3 Å². The Hall–Kier alpha value is -3.80. The maximum Gasteiger partial charge on any atom is 0.245 e. The second-order valence-corrected chi connectivity index (χ2v) is 13.4. The van der Waals surface area contributed by atoms with Gasteiger partial charge in [0.1, 0.15) is 18.1 Å². The van der Waals surface area contributed by atoms with Crippen LogP contribution in [0, 0.1) is 5.92 Å². The fraction of sp³-hybridized carbons (Fsp3) is 0.568. The van der Waals surface area contributed by atoms with Crippen LogP contribution in [0.1, 0.15) is 69.4 Å². The lowest BCUT2D eigenvalue weighted by Gasteiger charge is -2.32. The minimum atomic E-state index is -0.893. The Morgan fingerprint density at radius 3 is 2.15 bits per heavy atom. The minimum absolute atomic E-state index is 0.0813. The van der Waals surface area contributed by atoms with Crippen LogP contribution < -0.4 is 27.0 Å². The molecule has 2 aliphatic rings. The van der Waals surface area contributed by atoms with Crippen LogP contribution in [0.25, 0.3) is 0 Å². The molecule has 0 bridgehead atoms. The number of nitrogens with zero attached hydrogens (tertiary/aromatic N) is 1. The molecule has 262 valence electrons. The van der Waals surface area contributed by atoms with E-state index in [0.29, 0.717) is 51.6 Å². The molecule has 48 heavy (non-hydrogen) atoms. The predicted molar refractivity (Wildman–Crippen MR) is 186 cm³/mol. The zero-order chi connectivity index (χ0) is 34.3. The number of carbonyl (C=O) groups excluding carboxylic acids is 4. The van der Waals surface area contributed by atoms with E-state index in [2.05, 4.69) is 33.4 Å². The Balaban J connectivity index is 1.41. The molecule has 2 aromatic rings. The number of rotatable bonds is 19. The van der Waals surface area contributed by atoms with Crippen LogP contribution in [0.5, 0.6) is 0 Å². The summed E-state index contributed by atoms with van der Waals surface area (Å²) in [6.07, 6.45) is 4.52. The molecule has 2 aromatic carbocycles. The van der Waals surface area contributed by atoms with Crippen LogP contribution in [0.4, 0.5) is 0 Å². The van der Waals surface area contributed by atoms with Crippen LogP contribution >= 0.6 is 0 Å². The summed E-state index contributed by atoms with van der Waals surface area (Å²) >= 11 is 0. The molecule has 0 spiro atoms. The molecule has 5 atom stereocenters. The Labute approximate surface area is 285 Å². The third-order valence-electron chi connectivity index (χ3n) is 8.95. The molecule has 4 rings (SSSR count). The number of carbonyl (C=O) groups is 4. The van der Waals surface area contributed by atoms with Gasteiger partial charge in [-0.25, -0.2) is 0 Å². The molecule has 1 heterocycles. The monoisotopic (exact) mass is 662 g/mol. The summed E-state index contributed by atoms with van der Waals surface area (Å²) in [5.41, 5.74) is 7.80. The maximum atomic E-state index is 13.9. The molecule has 0 aromatic heterocycles. The third kappa shape index (κ3) is 12.0. The van der Waals surface area contributed by atoms with Crippen molar-refractivity contribution in [3.05, 3.63) is 71.8 Å². The van der Waals surface area contributed by atoms with Crippen molar-refractivity contribution in [3.8, 4) is 0 Å². The van der Waals surface area contributed by atoms with E-state index >= 15 is 0 Å². The molecule has 1 aliphatic carbocycles. The largest absolute Gasteiger partial charge is 0.378 e. The Morgan fingerprint density at radius 2 is 1.48 bits per heavy atom. The molecule has 6 N–H and O–H groups in total. The van der Waals surface area contributed by atoms with Crippen LogP contribution in [0.2, 0.25) is 0 Å². The van der Waals surface area contributed by atoms with Gasteiger partial charge in [0.05, 0.1) is 19.8 Å². The number of nitrogens with one attached hydrogen (secondary N) is 4. The van der Waals surface area contributed by atoms with Crippen LogP contribution in [-0.4, -0.2) is 92.1 Å². The van der Waals surface area contributed by atoms with Crippen molar-refractivity contribution in [1.82, 2.24) is 26.2 Å². The Bertz CT molecular complexity index is 1300. The highest BCUT2D eigenvalue weighted by atomic mass is 16.5. The molecule has 1 aliphatic heterocycles. The number of nitrogens with two attached hydrogens (primary N) is 1. The van der Waals surface area contributed by atoms with Gasteiger partial charge in [0.2, 0.25) is 23.6 Å². The normalized spacial score (nSPS) is 19.2. The van der Waals surface area contributed by atoms with Gasteiger partial charge in [-0.3, -0.25) is 19.2 Å². The van der Waals surface area contributed by atoms with E-state index in [0.717, 1.165) is 31.2 Å². The molecular formula is C37H54N6O5. The molecule has 4 amide bonds. The molecule has 11 heteroatoms. The number of amides is 4. The molecule has 0 radical (unpaired) electrons. The lowest BCUT2D eigenvalue weighted by Crippen LogP contribution is -2.58. The van der Waals surface area contributed by atoms with Crippen molar-refractivity contribution in [2.24, 2.45) is 11.7 Å². The lowest BCUT2D eigenvalue weighted by molar-refractivity contribution is -0.141. The van der Waals surface area contributed by atoms with Gasteiger partial charge in [0.15, 0.2) is 0 Å². The van der Waals surface area contributed by atoms with E-state index in [1.807, 2.05) is 62.4 Å². The fourth-order valence-electron chi connectivity index (χ4n) is 6.20. The van der Waals surface area contributed by atoms with E-state index in [9.17, 15) is 19.2 Å². The van der Waals surface area contributed by atoms with Crippen molar-refractivity contribution in [1.29, 1.82) is 0 Å². The molecular weight excluding hydrogens is 608 g/mol. The number of morpholine rings is 1. The van der Waals surface area contributed by atoms with E-state index in [1.165, 1.54) is 5.56 Å². The fourth-order valence-corrected chi connectivity index (χ4v) is 6.20. The van der Waals surface area contributed by atoms with Gasteiger partial charge < -0.3 is 36.6 Å². The Morgan fingerprint density at radius 1 is 0.833 bits per heavy atom. The second-order valence-electron chi connectivity index (χ2n) is 13.4. The summed E-state index contributed by atoms with van der Waals surface area (Å²) in [4.78, 5) is 56.0. The first-order valence-corrected chi connectivity index (χ1v) is 17.5. The van der Waals surface area contributed by atoms with E-state index < -0.39 is 29.9 Å². The van der Waals surface area contributed by atoms with Gasteiger partial charge in [0, 0.05) is 31.5 Å². The number of unbranched alkanes of at least 4 members (excludes halogenated alkanes) is 2. The van der Waals surface area contributed by atoms with Gasteiger partial charge in [-0.1, -0.05) is 87.4 Å². The van der Waals surface area contributed by atoms with Crippen molar-refractivity contribution >= 4 is 23.6 Å². The number of hydrogen-bond acceptors (Lipinski definition) is 7. The van der Waals surface area contributed by atoms with Crippen LogP contribution in [0.3, 0.4) is 0 Å². The highest BCUT2D eigenvalue weighted by Crippen LogP contribution is 2.40. The summed E-state index contributed by atoms with van der Waals surface area (Å²) in [5, 5.41) is 12.1. The van der Waals surface area contributed by atoms with Gasteiger partial charge >= 0.3 is 0 Å². The highest BCUT2D eigenvalue weighted by Gasteiger charge is 2.38. The van der Waals surface area contributed by atoms with Gasteiger partial charge in [-0.15, -0.1) is 0 Å². The molecule has 1 unspecified atom stereocenters. The summed E-state index contributed by atoms with van der Waals surface area (Å²) in [6.45, 7) is 6.48. The number of ether oxygens (including phenoxy) is 1. The van der Waals surface area contributed by atoms with E-state index in [1.54, 1.807) is 4.90 Å². The SMILES string of the molecule is CC(C)C[C@@H](NC(=O)[C@@H](Cc1ccccc1)NC(=O)CNC1C[C@@H]1c1ccccc1)C(=O)N[C@H](CCCCCN)C(=O)N1CCOCC1. The molecule has 1 saturated carbocycles. The zero-order valence-electron chi connectivity index (χ0n) is 28.5. The highest BCUT2D eigenvalue weighted by molar-refractivity contribution is 5.94. The topological polar surface area (TPSA) is 155 Å². The van der Waals surface area contributed by atoms with Crippen molar-refractivity contribution < 1.29 is 23.9 Å². The molecule has 1 saturated heterocycles. The maximum absolute atomic E-state index is 13.9. The summed E-state index contributed by atoms with van der Waals surface area (Å²) in [7, 11) is 0. The average molecular weight is 663 g/mol. The first kappa shape index (κ1) is 37.0. The number of benzene rings is 2. The molecule has 2 fully saturated rings. The Kier molecular flexibility index (Phi) is 14.9. The smallest absolute Gasteiger partial charge is 0.245 e. The summed E-state index contributed by atoms with van der Waals surface area (Å²) in [5.74, 6) is -0.821. The minimum Gasteiger partial charge on any atom is -0.378 e. The van der Waals surface area contributed by atoms with Crippen LogP contribution in [-0.2, 0) is 30.3 Å². The first-order chi connectivity index (χ1) is 23.2. The van der Waals surface area contributed by atoms with Crippen LogP contribution in [0.15, 0.2) is 60.7 Å². The van der Waals surface area contributed by atoms with Crippen molar-refractivity contribution in [3.63, 3.8) is 0 Å². The average Bonchev–Trinajstić information content (AvgIpc) is 3.88. The summed E-state index contributed by atoms with van der Waals surface area (Å²) < 4.78 is 5.42. The lowest BCUT2D eigenvalue weighted by atomic mass is 10.00. The second kappa shape index (κ2) is 19.3. The van der Waals surface area contributed by atoms with E-state index in [4.69, 9.17) is 10.5 Å². The predicted octanol–water partition coefficient (Wildman–Crippen LogP) is 2.25. The first-order valence-electron chi connectivity index (χ1n) is 17.5. The van der Waals surface area contributed by atoms with Crippen molar-refractivity contribution in [2.75, 3.05) is 39.4 Å². The quantitative estimate of drug-likeness (QED) is 0.145. The zero-order valence-corrected chi connectivity index (χ0v) is 28.5. The molecule has 11 nitrogen and oxygen atoms in total. The van der Waals surface area contributed by atoms with E-state index in [-0.39, 0.29) is 36.7 Å². The van der Waals surface area contributed by atoms with Gasteiger partial charge in [0.25, 0.3) is 0 Å². The van der Waals surface area contributed by atoms with Crippen molar-refractivity contribution in [2.45, 2.75) is 88.9 Å².